The van der Waals surface area contributed by atoms with Crippen molar-refractivity contribution in [1.82, 2.24) is 5.32 Å². The number of amides is 1. The molecular weight excluding hydrogens is 368 g/mol. The van der Waals surface area contributed by atoms with Crippen LogP contribution in [0.25, 0.3) is 0 Å². The highest BCUT2D eigenvalue weighted by atomic mass is 32.2. The van der Waals surface area contributed by atoms with Gasteiger partial charge in [0, 0.05) is 22.9 Å². The molecule has 1 aliphatic rings. The van der Waals surface area contributed by atoms with Crippen LogP contribution in [-0.2, 0) is 10.5 Å². The van der Waals surface area contributed by atoms with E-state index in [-0.39, 0.29) is 5.91 Å². The second-order valence-electron chi connectivity index (χ2n) is 5.60. The highest BCUT2D eigenvalue weighted by Gasteiger charge is 2.13. The van der Waals surface area contributed by atoms with Crippen molar-refractivity contribution >= 4 is 51.3 Å². The minimum atomic E-state index is 0.0664. The maximum atomic E-state index is 12.0. The molecule has 0 unspecified atom stereocenters. The van der Waals surface area contributed by atoms with Crippen molar-refractivity contribution in [2.45, 2.75) is 17.6 Å². The van der Waals surface area contributed by atoms with Crippen LogP contribution in [0.2, 0.25) is 0 Å². The standard InChI is InChI=1S/C19H20N2OS3/c1-14-6-8-16(9-7-14)23-11-10-20-18(22)13-25-19-21-17-5-3-2-4-15(17)12-24-19/h2-9H,10-13H2,1H3,(H,20,22). The smallest absolute Gasteiger partial charge is 0.230 e. The third-order valence-electron chi connectivity index (χ3n) is 3.60. The molecule has 2 aromatic carbocycles. The molecule has 2 aromatic rings. The summed E-state index contributed by atoms with van der Waals surface area (Å²) in [5.41, 5.74) is 3.55. The van der Waals surface area contributed by atoms with Gasteiger partial charge < -0.3 is 5.32 Å². The van der Waals surface area contributed by atoms with Gasteiger partial charge in [0.25, 0.3) is 0 Å². The van der Waals surface area contributed by atoms with Crippen molar-refractivity contribution in [1.29, 1.82) is 0 Å². The van der Waals surface area contributed by atoms with E-state index in [2.05, 4.69) is 47.6 Å². The lowest BCUT2D eigenvalue weighted by molar-refractivity contribution is -0.118. The molecule has 25 heavy (non-hydrogen) atoms. The zero-order chi connectivity index (χ0) is 17.5. The topological polar surface area (TPSA) is 41.5 Å². The van der Waals surface area contributed by atoms with Crippen molar-refractivity contribution in [2.75, 3.05) is 18.1 Å². The van der Waals surface area contributed by atoms with Gasteiger partial charge in [0.05, 0.1) is 11.4 Å². The molecule has 1 amide bonds. The van der Waals surface area contributed by atoms with Crippen LogP contribution in [-0.4, -0.2) is 28.3 Å². The molecule has 0 bridgehead atoms. The number of hydrogen-bond acceptors (Lipinski definition) is 5. The normalized spacial score (nSPS) is 13.1. The fourth-order valence-electron chi connectivity index (χ4n) is 2.26. The van der Waals surface area contributed by atoms with E-state index in [1.807, 2.05) is 18.2 Å². The number of carbonyl (C=O) groups is 1. The Morgan fingerprint density at radius 1 is 1.16 bits per heavy atom. The summed E-state index contributed by atoms with van der Waals surface area (Å²) in [7, 11) is 0. The number of nitrogens with zero attached hydrogens (tertiary/aromatic N) is 1. The van der Waals surface area contributed by atoms with Gasteiger partial charge >= 0.3 is 0 Å². The molecule has 3 rings (SSSR count). The lowest BCUT2D eigenvalue weighted by Gasteiger charge is -2.14. The van der Waals surface area contributed by atoms with Gasteiger partial charge in [0.2, 0.25) is 5.91 Å². The number of benzene rings is 2. The molecule has 0 saturated heterocycles. The predicted molar refractivity (Wildman–Crippen MR) is 112 cm³/mol. The Kier molecular flexibility index (Phi) is 6.90. The summed E-state index contributed by atoms with van der Waals surface area (Å²) < 4.78 is 0.975. The Morgan fingerprint density at radius 2 is 1.96 bits per heavy atom. The molecule has 0 atom stereocenters. The zero-order valence-electron chi connectivity index (χ0n) is 14.0. The maximum absolute atomic E-state index is 12.0. The fourth-order valence-corrected chi connectivity index (χ4v) is 4.92. The van der Waals surface area contributed by atoms with Crippen LogP contribution in [0, 0.1) is 6.92 Å². The number of rotatable bonds is 6. The van der Waals surface area contributed by atoms with E-state index in [1.54, 1.807) is 23.5 Å². The largest absolute Gasteiger partial charge is 0.355 e. The van der Waals surface area contributed by atoms with Crippen LogP contribution in [0.4, 0.5) is 5.69 Å². The first-order valence-corrected chi connectivity index (χ1v) is 11.0. The number of thioether (sulfide) groups is 3. The Balaban J connectivity index is 1.36. The summed E-state index contributed by atoms with van der Waals surface area (Å²) >= 11 is 4.98. The SMILES string of the molecule is Cc1ccc(SCCNC(=O)CSC2=Nc3ccccc3CS2)cc1. The molecule has 130 valence electrons. The van der Waals surface area contributed by atoms with Crippen LogP contribution < -0.4 is 5.32 Å². The van der Waals surface area contributed by atoms with E-state index >= 15 is 0 Å². The lowest BCUT2D eigenvalue weighted by atomic mass is 10.2. The zero-order valence-corrected chi connectivity index (χ0v) is 16.5. The number of para-hydroxylation sites is 1. The molecular formula is C19H20N2OS3. The van der Waals surface area contributed by atoms with Gasteiger partial charge in [-0.3, -0.25) is 4.79 Å². The molecule has 0 aromatic heterocycles. The monoisotopic (exact) mass is 388 g/mol. The second-order valence-corrected chi connectivity index (χ2v) is 8.95. The average Bonchev–Trinajstić information content (AvgIpc) is 2.65. The fraction of sp³-hybridized carbons (Fsp3) is 0.263. The molecule has 0 radical (unpaired) electrons. The number of aliphatic imine (C=N–C) groups is 1. The highest BCUT2D eigenvalue weighted by molar-refractivity contribution is 8.38. The van der Waals surface area contributed by atoms with Gasteiger partial charge in [-0.25, -0.2) is 4.99 Å². The van der Waals surface area contributed by atoms with E-state index in [0.29, 0.717) is 12.3 Å². The van der Waals surface area contributed by atoms with Crippen molar-refractivity contribution in [2.24, 2.45) is 4.99 Å². The molecule has 0 spiro atoms. The first-order valence-electron chi connectivity index (χ1n) is 8.09. The average molecular weight is 389 g/mol. The quantitative estimate of drug-likeness (QED) is 0.566. The third kappa shape index (κ3) is 5.83. The highest BCUT2D eigenvalue weighted by Crippen LogP contribution is 2.34. The Morgan fingerprint density at radius 3 is 2.80 bits per heavy atom. The molecule has 1 N–H and O–H groups in total. The van der Waals surface area contributed by atoms with Gasteiger partial charge in [-0.15, -0.1) is 11.8 Å². The Labute approximate surface area is 161 Å². The van der Waals surface area contributed by atoms with Gasteiger partial charge in [-0.1, -0.05) is 59.4 Å². The molecule has 6 heteroatoms. The molecule has 0 aliphatic carbocycles. The summed E-state index contributed by atoms with van der Waals surface area (Å²) in [4.78, 5) is 17.8. The number of fused-ring (bicyclic) bond motifs is 1. The molecule has 0 saturated carbocycles. The minimum absolute atomic E-state index is 0.0664. The Bertz CT molecular complexity index is 760. The summed E-state index contributed by atoms with van der Waals surface area (Å²) in [6.45, 7) is 2.76. The van der Waals surface area contributed by atoms with Crippen molar-refractivity contribution < 1.29 is 4.79 Å². The van der Waals surface area contributed by atoms with E-state index in [0.717, 1.165) is 21.6 Å². The summed E-state index contributed by atoms with van der Waals surface area (Å²) in [5, 5.41) is 2.98. The van der Waals surface area contributed by atoms with Gasteiger partial charge in [0.1, 0.15) is 4.38 Å². The van der Waals surface area contributed by atoms with Crippen LogP contribution in [0.15, 0.2) is 58.4 Å². The van der Waals surface area contributed by atoms with Crippen LogP contribution in [0.5, 0.6) is 0 Å². The second kappa shape index (κ2) is 9.36. The van der Waals surface area contributed by atoms with Crippen LogP contribution >= 0.6 is 35.3 Å². The first-order chi connectivity index (χ1) is 12.2. The first kappa shape index (κ1) is 18.4. The lowest BCUT2D eigenvalue weighted by Crippen LogP contribution is -2.27. The van der Waals surface area contributed by atoms with E-state index in [9.17, 15) is 4.79 Å². The Hall–Kier alpha value is -1.37. The number of aryl methyl sites for hydroxylation is 1. The van der Waals surface area contributed by atoms with Crippen LogP contribution in [0.1, 0.15) is 11.1 Å². The number of nitrogens with one attached hydrogen (secondary N) is 1. The van der Waals surface area contributed by atoms with E-state index < -0.39 is 0 Å². The number of carbonyl (C=O) groups excluding carboxylic acids is 1. The molecule has 1 heterocycles. The van der Waals surface area contributed by atoms with Crippen molar-refractivity contribution in [3.8, 4) is 0 Å². The number of hydrogen-bond donors (Lipinski definition) is 1. The summed E-state index contributed by atoms with van der Waals surface area (Å²) in [5.74, 6) is 2.29. The summed E-state index contributed by atoms with van der Waals surface area (Å²) in [6, 6.07) is 16.6. The van der Waals surface area contributed by atoms with Crippen molar-refractivity contribution in [3.05, 3.63) is 59.7 Å². The molecule has 1 aliphatic heterocycles. The van der Waals surface area contributed by atoms with E-state index in [4.69, 9.17) is 0 Å². The van der Waals surface area contributed by atoms with Crippen molar-refractivity contribution in [3.63, 3.8) is 0 Å². The predicted octanol–water partition coefficient (Wildman–Crippen LogP) is 4.87. The third-order valence-corrected chi connectivity index (χ3v) is 6.85. The van der Waals surface area contributed by atoms with Gasteiger partial charge in [-0.2, -0.15) is 0 Å². The maximum Gasteiger partial charge on any atom is 0.230 e. The van der Waals surface area contributed by atoms with Gasteiger partial charge in [0.15, 0.2) is 0 Å². The molecule has 0 fully saturated rings. The summed E-state index contributed by atoms with van der Waals surface area (Å²) in [6.07, 6.45) is 0. The van der Waals surface area contributed by atoms with E-state index in [1.165, 1.54) is 27.8 Å². The molecule has 3 nitrogen and oxygen atoms in total. The van der Waals surface area contributed by atoms with Crippen LogP contribution in [0.3, 0.4) is 0 Å². The van der Waals surface area contributed by atoms with Gasteiger partial charge in [-0.05, 0) is 30.7 Å². The minimum Gasteiger partial charge on any atom is -0.355 e.